The molecule has 2 heterocycles. The molecule has 2 aromatic carbocycles. The number of benzene rings is 2. The molecule has 9 heteroatoms. The highest BCUT2D eigenvalue weighted by Crippen LogP contribution is 2.25. The Labute approximate surface area is 197 Å². The van der Waals surface area contributed by atoms with Crippen LogP contribution in [-0.4, -0.2) is 66.3 Å². The van der Waals surface area contributed by atoms with E-state index < -0.39 is 12.1 Å². The predicted molar refractivity (Wildman–Crippen MR) is 125 cm³/mol. The average molecular weight is 474 g/mol. The molecule has 2 amide bonds. The third-order valence-electron chi connectivity index (χ3n) is 5.70. The van der Waals surface area contributed by atoms with Crippen LogP contribution in [0.5, 0.6) is 11.5 Å². The number of aliphatic hydroxyl groups is 1. The molecule has 2 saturated heterocycles. The number of para-hydroxylation sites is 2. The van der Waals surface area contributed by atoms with Gasteiger partial charge < -0.3 is 25.2 Å². The van der Waals surface area contributed by atoms with E-state index in [1.807, 2.05) is 12.1 Å². The van der Waals surface area contributed by atoms with Gasteiger partial charge in [0.2, 0.25) is 11.8 Å². The second-order valence-corrected chi connectivity index (χ2v) is 8.79. The van der Waals surface area contributed by atoms with Crippen LogP contribution in [0.2, 0.25) is 5.02 Å². The van der Waals surface area contributed by atoms with Gasteiger partial charge in [0.15, 0.2) is 0 Å². The molecular weight excluding hydrogens is 446 g/mol. The number of nitrogens with one attached hydrogen (secondary N) is 2. The van der Waals surface area contributed by atoms with E-state index in [2.05, 4.69) is 15.5 Å². The number of rotatable bonds is 9. The predicted octanol–water partition coefficient (Wildman–Crippen LogP) is 2.45. The monoisotopic (exact) mass is 473 g/mol. The molecule has 4 rings (SSSR count). The summed E-state index contributed by atoms with van der Waals surface area (Å²) in [4.78, 5) is 25.9. The molecule has 176 valence electrons. The smallest absolute Gasteiger partial charge is 0.247 e. The van der Waals surface area contributed by atoms with Gasteiger partial charge in [0, 0.05) is 31.1 Å². The van der Waals surface area contributed by atoms with Crippen LogP contribution in [0, 0.1) is 0 Å². The Morgan fingerprint density at radius 1 is 1.21 bits per heavy atom. The number of aliphatic hydroxyl groups excluding tert-OH is 1. The van der Waals surface area contributed by atoms with Gasteiger partial charge in [0.25, 0.3) is 0 Å². The Morgan fingerprint density at radius 3 is 2.76 bits per heavy atom. The lowest BCUT2D eigenvalue weighted by Gasteiger charge is -2.21. The summed E-state index contributed by atoms with van der Waals surface area (Å²) < 4.78 is 11.8. The number of ether oxygens (including phenoxy) is 2. The van der Waals surface area contributed by atoms with Gasteiger partial charge in [-0.3, -0.25) is 14.5 Å². The lowest BCUT2D eigenvalue weighted by molar-refractivity contribution is -0.122. The summed E-state index contributed by atoms with van der Waals surface area (Å²) in [6.45, 7) is 2.10. The van der Waals surface area contributed by atoms with Crippen LogP contribution < -0.4 is 20.1 Å². The summed E-state index contributed by atoms with van der Waals surface area (Å²) in [5.74, 6) is 0.859. The molecular formula is C24H28ClN3O5. The summed E-state index contributed by atoms with van der Waals surface area (Å²) >= 11 is 5.91. The molecule has 2 fully saturated rings. The van der Waals surface area contributed by atoms with Crippen molar-refractivity contribution in [1.29, 1.82) is 0 Å². The van der Waals surface area contributed by atoms with Gasteiger partial charge in [-0.2, -0.15) is 0 Å². The Balaban J connectivity index is 1.23. The van der Waals surface area contributed by atoms with Crippen LogP contribution in [0.1, 0.15) is 19.3 Å². The molecule has 0 aliphatic carbocycles. The number of hydrogen-bond acceptors (Lipinski definition) is 6. The Kier molecular flexibility index (Phi) is 7.69. The third kappa shape index (κ3) is 6.60. The van der Waals surface area contributed by atoms with Crippen molar-refractivity contribution >= 4 is 29.1 Å². The van der Waals surface area contributed by atoms with Gasteiger partial charge in [0.1, 0.15) is 36.4 Å². The van der Waals surface area contributed by atoms with Gasteiger partial charge in [-0.1, -0.05) is 23.7 Å². The van der Waals surface area contributed by atoms with E-state index in [0.29, 0.717) is 35.8 Å². The Morgan fingerprint density at radius 2 is 2.00 bits per heavy atom. The number of likely N-dealkylation sites (tertiary alicyclic amines) is 1. The highest BCUT2D eigenvalue weighted by Gasteiger charge is 2.28. The van der Waals surface area contributed by atoms with E-state index in [1.54, 1.807) is 36.4 Å². The summed E-state index contributed by atoms with van der Waals surface area (Å²) in [7, 11) is 0. The number of β-amino-alcohol motifs (C(OH)–C–C–N with tert-alkyl or cyclic N) is 1. The number of halogens is 1. The number of carbonyl (C=O) groups is 2. The molecule has 3 unspecified atom stereocenters. The molecule has 8 nitrogen and oxygen atoms in total. The summed E-state index contributed by atoms with van der Waals surface area (Å²) in [5.41, 5.74) is 0.508. The molecule has 0 spiro atoms. The first-order valence-corrected chi connectivity index (χ1v) is 11.5. The van der Waals surface area contributed by atoms with Gasteiger partial charge in [-0.25, -0.2) is 0 Å². The fourth-order valence-corrected chi connectivity index (χ4v) is 4.15. The molecule has 0 saturated carbocycles. The van der Waals surface area contributed by atoms with Crippen molar-refractivity contribution < 1.29 is 24.2 Å². The molecule has 2 aliphatic heterocycles. The van der Waals surface area contributed by atoms with Gasteiger partial charge in [-0.15, -0.1) is 0 Å². The fourth-order valence-electron chi connectivity index (χ4n) is 4.03. The maximum atomic E-state index is 12.4. The molecule has 33 heavy (non-hydrogen) atoms. The fraction of sp³-hybridized carbons (Fsp3) is 0.417. The average Bonchev–Trinajstić information content (AvgIpc) is 3.43. The molecule has 2 aromatic rings. The molecule has 3 atom stereocenters. The van der Waals surface area contributed by atoms with Crippen LogP contribution in [0.15, 0.2) is 48.5 Å². The largest absolute Gasteiger partial charge is 0.489 e. The maximum absolute atomic E-state index is 12.4. The second-order valence-electron chi connectivity index (χ2n) is 8.35. The first kappa shape index (κ1) is 23.4. The normalized spacial score (nSPS) is 21.5. The highest BCUT2D eigenvalue weighted by atomic mass is 35.5. The number of amides is 2. The van der Waals surface area contributed by atoms with Crippen molar-refractivity contribution in [2.45, 2.75) is 37.5 Å². The van der Waals surface area contributed by atoms with Crippen LogP contribution in [-0.2, 0) is 9.59 Å². The van der Waals surface area contributed by atoms with Crippen molar-refractivity contribution in [3.8, 4) is 11.5 Å². The van der Waals surface area contributed by atoms with Crippen molar-refractivity contribution in [3.63, 3.8) is 0 Å². The van der Waals surface area contributed by atoms with Crippen molar-refractivity contribution in [3.05, 3.63) is 53.6 Å². The lowest BCUT2D eigenvalue weighted by Crippen LogP contribution is -2.37. The summed E-state index contributed by atoms with van der Waals surface area (Å²) in [6.07, 6.45) is 1.07. The van der Waals surface area contributed by atoms with Gasteiger partial charge >= 0.3 is 0 Å². The second kappa shape index (κ2) is 10.9. The van der Waals surface area contributed by atoms with Gasteiger partial charge in [-0.05, 0) is 49.2 Å². The molecule has 0 bridgehead atoms. The van der Waals surface area contributed by atoms with E-state index in [-0.39, 0.29) is 24.5 Å². The van der Waals surface area contributed by atoms with E-state index in [9.17, 15) is 14.7 Å². The molecule has 0 radical (unpaired) electrons. The first-order chi connectivity index (χ1) is 16.0. The van der Waals surface area contributed by atoms with Crippen LogP contribution in [0.3, 0.4) is 0 Å². The van der Waals surface area contributed by atoms with Crippen molar-refractivity contribution in [2.24, 2.45) is 0 Å². The zero-order chi connectivity index (χ0) is 23.2. The van der Waals surface area contributed by atoms with Crippen LogP contribution in [0.25, 0.3) is 0 Å². The standard InChI is InChI=1S/C24H28ClN3O5/c25-16-5-7-18(8-6-16)33-19-11-12-28(14-19)13-17(29)15-32-22-4-2-1-3-20(22)27-24(31)21-9-10-23(30)26-21/h1-8,17,19,21,29H,9-15H2,(H,26,30)(H,27,31). The number of hydrogen-bond donors (Lipinski definition) is 3. The molecule has 0 aromatic heterocycles. The van der Waals surface area contributed by atoms with E-state index in [1.165, 1.54) is 0 Å². The number of carbonyl (C=O) groups excluding carboxylic acids is 2. The minimum Gasteiger partial charge on any atom is -0.489 e. The van der Waals surface area contributed by atoms with E-state index in [4.69, 9.17) is 21.1 Å². The zero-order valence-corrected chi connectivity index (χ0v) is 19.0. The van der Waals surface area contributed by atoms with Crippen LogP contribution in [0.4, 0.5) is 5.69 Å². The number of nitrogens with zero attached hydrogens (tertiary/aromatic N) is 1. The molecule has 2 aliphatic rings. The minimum absolute atomic E-state index is 0.0614. The van der Waals surface area contributed by atoms with Crippen molar-refractivity contribution in [2.75, 3.05) is 31.6 Å². The van der Waals surface area contributed by atoms with E-state index in [0.717, 1.165) is 25.3 Å². The lowest BCUT2D eigenvalue weighted by atomic mass is 10.2. The van der Waals surface area contributed by atoms with Gasteiger partial charge in [0.05, 0.1) is 5.69 Å². The SMILES string of the molecule is O=C1CCC(C(=O)Nc2ccccc2OCC(O)CN2CCC(Oc3ccc(Cl)cc3)C2)N1. The maximum Gasteiger partial charge on any atom is 0.247 e. The Hall–Kier alpha value is -2.81. The topological polar surface area (TPSA) is 100 Å². The Bertz CT molecular complexity index is 971. The van der Waals surface area contributed by atoms with Crippen molar-refractivity contribution in [1.82, 2.24) is 10.2 Å². The summed E-state index contributed by atoms with van der Waals surface area (Å²) in [6, 6.07) is 13.8. The summed E-state index contributed by atoms with van der Waals surface area (Å²) in [5, 5.41) is 16.6. The molecule has 3 N–H and O–H groups in total. The zero-order valence-electron chi connectivity index (χ0n) is 18.2. The first-order valence-electron chi connectivity index (χ1n) is 11.1. The highest BCUT2D eigenvalue weighted by molar-refractivity contribution is 6.30. The van der Waals surface area contributed by atoms with Crippen LogP contribution >= 0.6 is 11.6 Å². The minimum atomic E-state index is -0.697. The van der Waals surface area contributed by atoms with E-state index >= 15 is 0 Å². The third-order valence-corrected chi connectivity index (χ3v) is 5.95. The number of anilines is 1. The quantitative estimate of drug-likeness (QED) is 0.517.